The van der Waals surface area contributed by atoms with E-state index in [-0.39, 0.29) is 17.2 Å². The number of nitrogens with one attached hydrogen (secondary N) is 1. The maximum absolute atomic E-state index is 12.4. The summed E-state index contributed by atoms with van der Waals surface area (Å²) in [5.41, 5.74) is 4.90. The molecule has 0 saturated carbocycles. The second kappa shape index (κ2) is 6.10. The van der Waals surface area contributed by atoms with Crippen LogP contribution in [0.2, 0.25) is 0 Å². The van der Waals surface area contributed by atoms with Gasteiger partial charge in [-0.15, -0.1) is 11.8 Å². The van der Waals surface area contributed by atoms with Crippen molar-refractivity contribution in [2.45, 2.75) is 44.8 Å². The van der Waals surface area contributed by atoms with E-state index >= 15 is 0 Å². The zero-order valence-corrected chi connectivity index (χ0v) is 14.1. The highest BCUT2D eigenvalue weighted by molar-refractivity contribution is 8.00. The third-order valence-electron chi connectivity index (χ3n) is 4.06. The van der Waals surface area contributed by atoms with Crippen LogP contribution in [-0.2, 0) is 4.79 Å². The number of hydrogen-bond donors (Lipinski definition) is 1. The molecule has 1 fully saturated rings. The lowest BCUT2D eigenvalue weighted by Gasteiger charge is -2.21. The topological polar surface area (TPSA) is 49.4 Å². The van der Waals surface area contributed by atoms with Crippen LogP contribution in [-0.4, -0.2) is 35.2 Å². The average Bonchev–Trinajstić information content (AvgIpc) is 2.86. The standard InChI is InChI=1S/C16H22N2O2S/c1-9-8-10(2)12(4)14(11(9)3)21-13(5)15(19)18-7-6-17-16(18)20/h8,13H,6-7H2,1-5H3,(H,17,20)/t13-/m0/s1. The van der Waals surface area contributed by atoms with Gasteiger partial charge in [-0.05, 0) is 56.9 Å². The van der Waals surface area contributed by atoms with E-state index in [1.165, 1.54) is 27.2 Å². The lowest BCUT2D eigenvalue weighted by Crippen LogP contribution is -2.39. The smallest absolute Gasteiger partial charge is 0.324 e. The summed E-state index contributed by atoms with van der Waals surface area (Å²) in [6.45, 7) is 11.2. The molecule has 1 aliphatic rings. The molecule has 1 heterocycles. The number of carbonyl (C=O) groups excluding carboxylic acids is 2. The number of amides is 3. The van der Waals surface area contributed by atoms with Gasteiger partial charge in [0.2, 0.25) is 5.91 Å². The van der Waals surface area contributed by atoms with Crippen molar-refractivity contribution in [2.24, 2.45) is 0 Å². The number of thioether (sulfide) groups is 1. The Balaban J connectivity index is 2.22. The van der Waals surface area contributed by atoms with E-state index in [0.717, 1.165) is 4.90 Å². The molecule has 5 heteroatoms. The van der Waals surface area contributed by atoms with Gasteiger partial charge in [0.05, 0.1) is 5.25 Å². The minimum atomic E-state index is -0.277. The first kappa shape index (κ1) is 15.9. The van der Waals surface area contributed by atoms with Gasteiger partial charge < -0.3 is 5.32 Å². The van der Waals surface area contributed by atoms with Crippen molar-refractivity contribution in [1.29, 1.82) is 0 Å². The summed E-state index contributed by atoms with van der Waals surface area (Å²) < 4.78 is 0. The Morgan fingerprint density at radius 2 is 1.81 bits per heavy atom. The molecule has 114 valence electrons. The van der Waals surface area contributed by atoms with Gasteiger partial charge in [0.25, 0.3) is 0 Å². The van der Waals surface area contributed by atoms with Crippen molar-refractivity contribution in [3.8, 4) is 0 Å². The lowest BCUT2D eigenvalue weighted by molar-refractivity contribution is -0.126. The van der Waals surface area contributed by atoms with Crippen LogP contribution in [0.3, 0.4) is 0 Å². The molecule has 2 rings (SSSR count). The van der Waals surface area contributed by atoms with Gasteiger partial charge in [-0.2, -0.15) is 0 Å². The zero-order chi connectivity index (χ0) is 15.7. The second-order valence-electron chi connectivity index (χ2n) is 5.57. The summed E-state index contributed by atoms with van der Waals surface area (Å²) in [6.07, 6.45) is 0. The van der Waals surface area contributed by atoms with Gasteiger partial charge in [0, 0.05) is 18.0 Å². The monoisotopic (exact) mass is 306 g/mol. The van der Waals surface area contributed by atoms with Crippen molar-refractivity contribution >= 4 is 23.7 Å². The molecule has 1 aliphatic heterocycles. The molecule has 1 aromatic carbocycles. The maximum Gasteiger partial charge on any atom is 0.324 e. The molecule has 0 radical (unpaired) electrons. The first-order chi connectivity index (χ1) is 9.82. The van der Waals surface area contributed by atoms with Crippen LogP contribution in [0, 0.1) is 27.7 Å². The lowest BCUT2D eigenvalue weighted by atomic mass is 10.0. The van der Waals surface area contributed by atoms with E-state index in [0.29, 0.717) is 13.1 Å². The predicted molar refractivity (Wildman–Crippen MR) is 85.8 cm³/mol. The van der Waals surface area contributed by atoms with Crippen molar-refractivity contribution in [1.82, 2.24) is 10.2 Å². The van der Waals surface area contributed by atoms with Gasteiger partial charge in [-0.25, -0.2) is 4.79 Å². The fourth-order valence-corrected chi connectivity index (χ4v) is 3.74. The van der Waals surface area contributed by atoms with Gasteiger partial charge in [-0.3, -0.25) is 9.69 Å². The van der Waals surface area contributed by atoms with Crippen LogP contribution in [0.1, 0.15) is 29.2 Å². The molecule has 3 amide bonds. The molecule has 1 N–H and O–H groups in total. The summed E-state index contributed by atoms with van der Waals surface area (Å²) >= 11 is 1.55. The normalized spacial score (nSPS) is 16.0. The molecule has 0 aliphatic carbocycles. The minimum Gasteiger partial charge on any atom is -0.336 e. The van der Waals surface area contributed by atoms with Crippen LogP contribution >= 0.6 is 11.8 Å². The molecule has 0 unspecified atom stereocenters. The number of benzene rings is 1. The van der Waals surface area contributed by atoms with Gasteiger partial charge in [0.15, 0.2) is 0 Å². The number of rotatable bonds is 3. The quantitative estimate of drug-likeness (QED) is 0.874. The highest BCUT2D eigenvalue weighted by Gasteiger charge is 2.30. The molecule has 1 atom stereocenters. The first-order valence-corrected chi connectivity index (χ1v) is 8.04. The summed E-state index contributed by atoms with van der Waals surface area (Å²) in [7, 11) is 0. The van der Waals surface area contributed by atoms with E-state index in [9.17, 15) is 9.59 Å². The van der Waals surface area contributed by atoms with Gasteiger partial charge in [0.1, 0.15) is 0 Å². The maximum atomic E-state index is 12.4. The SMILES string of the molecule is Cc1cc(C)c(C)c(S[C@@H](C)C(=O)N2CCNC2=O)c1C. The summed E-state index contributed by atoms with van der Waals surface area (Å²) in [5, 5.41) is 2.40. The van der Waals surface area contributed by atoms with Crippen LogP contribution in [0.15, 0.2) is 11.0 Å². The van der Waals surface area contributed by atoms with E-state index in [2.05, 4.69) is 39.1 Å². The van der Waals surface area contributed by atoms with Crippen LogP contribution in [0.5, 0.6) is 0 Å². The number of aryl methyl sites for hydroxylation is 2. The number of imide groups is 1. The minimum absolute atomic E-state index is 0.118. The van der Waals surface area contributed by atoms with Gasteiger partial charge >= 0.3 is 6.03 Å². The molecule has 1 aromatic rings. The molecular formula is C16H22N2O2S. The summed E-state index contributed by atoms with van der Waals surface area (Å²) in [4.78, 5) is 26.5. The van der Waals surface area contributed by atoms with Gasteiger partial charge in [-0.1, -0.05) is 6.07 Å². The first-order valence-electron chi connectivity index (χ1n) is 7.16. The zero-order valence-electron chi connectivity index (χ0n) is 13.2. The summed E-state index contributed by atoms with van der Waals surface area (Å²) in [5.74, 6) is -0.118. The Kier molecular flexibility index (Phi) is 4.61. The van der Waals surface area contributed by atoms with Crippen LogP contribution in [0.4, 0.5) is 4.79 Å². The van der Waals surface area contributed by atoms with Crippen LogP contribution < -0.4 is 5.32 Å². The molecule has 4 nitrogen and oxygen atoms in total. The predicted octanol–water partition coefficient (Wildman–Crippen LogP) is 2.95. The number of urea groups is 1. The Morgan fingerprint density at radius 1 is 1.24 bits per heavy atom. The Bertz CT molecular complexity index is 572. The Labute approximate surface area is 130 Å². The highest BCUT2D eigenvalue weighted by atomic mass is 32.2. The van der Waals surface area contributed by atoms with Crippen molar-refractivity contribution in [2.75, 3.05) is 13.1 Å². The molecule has 0 spiro atoms. The largest absolute Gasteiger partial charge is 0.336 e. The third-order valence-corrected chi connectivity index (χ3v) is 5.47. The molecular weight excluding hydrogens is 284 g/mol. The Morgan fingerprint density at radius 3 is 2.29 bits per heavy atom. The fraction of sp³-hybridized carbons (Fsp3) is 0.500. The van der Waals surface area contributed by atoms with Crippen LogP contribution in [0.25, 0.3) is 0 Å². The molecule has 1 saturated heterocycles. The number of nitrogens with zero attached hydrogens (tertiary/aromatic N) is 1. The van der Waals surface area contributed by atoms with E-state index in [1.54, 1.807) is 11.8 Å². The average molecular weight is 306 g/mol. The fourth-order valence-electron chi connectivity index (χ4n) is 2.49. The number of carbonyl (C=O) groups is 2. The van der Waals surface area contributed by atoms with E-state index < -0.39 is 0 Å². The molecule has 0 bridgehead atoms. The molecule has 0 aromatic heterocycles. The summed E-state index contributed by atoms with van der Waals surface area (Å²) in [6, 6.07) is 1.90. The van der Waals surface area contributed by atoms with E-state index in [4.69, 9.17) is 0 Å². The number of hydrogen-bond acceptors (Lipinski definition) is 3. The second-order valence-corrected chi connectivity index (χ2v) is 6.92. The van der Waals surface area contributed by atoms with E-state index in [1.807, 2.05) is 6.92 Å². The highest BCUT2D eigenvalue weighted by Crippen LogP contribution is 2.34. The Hall–Kier alpha value is -1.49. The van der Waals surface area contributed by atoms with Crippen molar-refractivity contribution < 1.29 is 9.59 Å². The third kappa shape index (κ3) is 3.07. The molecule has 21 heavy (non-hydrogen) atoms. The van der Waals surface area contributed by atoms with Crippen molar-refractivity contribution in [3.05, 3.63) is 28.3 Å². The van der Waals surface area contributed by atoms with Crippen molar-refractivity contribution in [3.63, 3.8) is 0 Å².